The van der Waals surface area contributed by atoms with Crippen molar-refractivity contribution in [2.24, 2.45) is 9.98 Å². The number of amides is 1. The van der Waals surface area contributed by atoms with Crippen molar-refractivity contribution in [1.29, 1.82) is 0 Å². The maximum absolute atomic E-state index is 13.4. The highest BCUT2D eigenvalue weighted by Crippen LogP contribution is 2.13. The molecule has 1 amide bonds. The number of nitrogens with one attached hydrogen (secondary N) is 2. The number of amidine groups is 1. The first kappa shape index (κ1) is 22.7. The van der Waals surface area contributed by atoms with Crippen LogP contribution in [0.25, 0.3) is 0 Å². The first-order valence-electron chi connectivity index (χ1n) is 9.62. The summed E-state index contributed by atoms with van der Waals surface area (Å²) >= 11 is 0. The van der Waals surface area contributed by atoms with Crippen LogP contribution < -0.4 is 10.0 Å². The predicted octanol–water partition coefficient (Wildman–Crippen LogP) is 1.66. The van der Waals surface area contributed by atoms with E-state index in [-0.39, 0.29) is 29.7 Å². The molecule has 31 heavy (non-hydrogen) atoms. The number of methoxy groups -OCH3 is 1. The maximum atomic E-state index is 13.4. The molecule has 1 atom stereocenters. The molecule has 10 heteroatoms. The molecule has 0 aliphatic carbocycles. The number of carbonyl (C=O) groups is 1. The van der Waals surface area contributed by atoms with Gasteiger partial charge in [0.25, 0.3) is 5.91 Å². The summed E-state index contributed by atoms with van der Waals surface area (Å²) in [6.07, 6.45) is 1.95. The molecule has 1 aliphatic heterocycles. The Morgan fingerprint density at radius 1 is 1.19 bits per heavy atom. The molecule has 0 aromatic heterocycles. The number of ether oxygens (including phenoxy) is 1. The van der Waals surface area contributed by atoms with Crippen molar-refractivity contribution in [3.63, 3.8) is 0 Å². The topological polar surface area (TPSA) is 109 Å². The van der Waals surface area contributed by atoms with Crippen molar-refractivity contribution in [2.45, 2.75) is 23.9 Å². The van der Waals surface area contributed by atoms with E-state index in [2.05, 4.69) is 20.0 Å². The van der Waals surface area contributed by atoms with Crippen LogP contribution in [0, 0.1) is 5.82 Å². The quantitative estimate of drug-likeness (QED) is 0.541. The lowest BCUT2D eigenvalue weighted by Gasteiger charge is -2.10. The number of benzene rings is 2. The second-order valence-corrected chi connectivity index (χ2v) is 8.56. The summed E-state index contributed by atoms with van der Waals surface area (Å²) in [5.74, 6) is -0.514. The molecule has 0 spiro atoms. The molecule has 0 bridgehead atoms. The molecule has 2 aromatic carbocycles. The van der Waals surface area contributed by atoms with E-state index in [1.807, 2.05) is 0 Å². The zero-order valence-electron chi connectivity index (χ0n) is 16.9. The van der Waals surface area contributed by atoms with Crippen molar-refractivity contribution in [1.82, 2.24) is 10.0 Å². The molecule has 1 aliphatic rings. The normalized spacial score (nSPS) is 15.7. The molecule has 1 unspecified atom stereocenters. The Labute approximate surface area is 180 Å². The summed E-state index contributed by atoms with van der Waals surface area (Å²) in [5.41, 5.74) is 1.11. The smallest absolute Gasteiger partial charge is 0.250 e. The van der Waals surface area contributed by atoms with Gasteiger partial charge in [0.05, 0.1) is 4.90 Å². The minimum atomic E-state index is -3.65. The van der Waals surface area contributed by atoms with Crippen molar-refractivity contribution >= 4 is 28.0 Å². The summed E-state index contributed by atoms with van der Waals surface area (Å²) in [6.45, 7) is 0.854. The Morgan fingerprint density at radius 3 is 2.77 bits per heavy atom. The van der Waals surface area contributed by atoms with Gasteiger partial charge in [0.15, 0.2) is 11.9 Å². The van der Waals surface area contributed by atoms with E-state index in [4.69, 9.17) is 4.74 Å². The minimum Gasteiger partial charge on any atom is -0.385 e. The van der Waals surface area contributed by atoms with Crippen LogP contribution in [0.2, 0.25) is 0 Å². The van der Waals surface area contributed by atoms with E-state index < -0.39 is 21.9 Å². The summed E-state index contributed by atoms with van der Waals surface area (Å²) < 4.78 is 45.6. The number of rotatable bonds is 10. The third-order valence-corrected chi connectivity index (χ3v) is 5.90. The Kier molecular flexibility index (Phi) is 7.61. The first-order chi connectivity index (χ1) is 14.9. The molecule has 0 fully saturated rings. The number of aliphatic imine (C=N–C) groups is 2. The van der Waals surface area contributed by atoms with Crippen LogP contribution in [0.1, 0.15) is 17.5 Å². The molecule has 2 N–H and O–H groups in total. The van der Waals surface area contributed by atoms with Crippen molar-refractivity contribution in [2.75, 3.05) is 20.3 Å². The Morgan fingerprint density at radius 2 is 2.00 bits per heavy atom. The second-order valence-electron chi connectivity index (χ2n) is 6.80. The molecular formula is C21H23FN4O4S. The highest BCUT2D eigenvalue weighted by molar-refractivity contribution is 7.89. The highest BCUT2D eigenvalue weighted by atomic mass is 32.2. The van der Waals surface area contributed by atoms with E-state index in [9.17, 15) is 17.6 Å². The van der Waals surface area contributed by atoms with Gasteiger partial charge in [0, 0.05) is 38.6 Å². The number of hydrogen-bond donors (Lipinski definition) is 2. The van der Waals surface area contributed by atoms with Gasteiger partial charge in [-0.2, -0.15) is 0 Å². The first-order valence-corrected chi connectivity index (χ1v) is 11.1. The van der Waals surface area contributed by atoms with Crippen LogP contribution in [-0.4, -0.2) is 52.7 Å². The Balaban J connectivity index is 1.58. The number of carbonyl (C=O) groups excluding carboxylic acids is 1. The standard InChI is InChI=1S/C21H23FN4O4S/c1-30-10-4-9-25-31(28,29)18-8-2-5-15(11-18)13-24-21(27)19-14-23-20(26-19)16-6-3-7-17(22)12-16/h2-3,5-8,11-12,14,19,25H,4,9-10,13H2,1H3,(H,24,27). The van der Waals surface area contributed by atoms with Gasteiger partial charge in [-0.3, -0.25) is 4.79 Å². The van der Waals surface area contributed by atoms with Crippen LogP contribution in [0.5, 0.6) is 0 Å². The fourth-order valence-electron chi connectivity index (χ4n) is 2.87. The Bertz CT molecular complexity index is 1100. The van der Waals surface area contributed by atoms with E-state index in [1.165, 1.54) is 30.5 Å². The van der Waals surface area contributed by atoms with E-state index in [1.54, 1.807) is 31.4 Å². The second kappa shape index (κ2) is 10.4. The van der Waals surface area contributed by atoms with Crippen LogP contribution in [0.4, 0.5) is 4.39 Å². The minimum absolute atomic E-state index is 0.116. The number of halogens is 1. The molecule has 1 heterocycles. The molecule has 3 rings (SSSR count). The molecule has 0 radical (unpaired) electrons. The molecule has 2 aromatic rings. The van der Waals surface area contributed by atoms with Gasteiger partial charge < -0.3 is 10.1 Å². The lowest BCUT2D eigenvalue weighted by atomic mass is 10.2. The van der Waals surface area contributed by atoms with Crippen LogP contribution in [0.3, 0.4) is 0 Å². The maximum Gasteiger partial charge on any atom is 0.250 e. The van der Waals surface area contributed by atoms with E-state index in [0.717, 1.165) is 0 Å². The monoisotopic (exact) mass is 446 g/mol. The van der Waals surface area contributed by atoms with Crippen LogP contribution in [-0.2, 0) is 26.1 Å². The summed E-state index contributed by atoms with van der Waals surface area (Å²) in [4.78, 5) is 20.8. The number of hydrogen-bond acceptors (Lipinski definition) is 6. The van der Waals surface area contributed by atoms with Gasteiger partial charge in [0.2, 0.25) is 10.0 Å². The number of nitrogens with zero attached hydrogens (tertiary/aromatic N) is 2. The van der Waals surface area contributed by atoms with E-state index in [0.29, 0.717) is 24.2 Å². The highest BCUT2D eigenvalue weighted by Gasteiger charge is 2.21. The summed E-state index contributed by atoms with van der Waals surface area (Å²) in [5, 5.41) is 2.72. The van der Waals surface area contributed by atoms with Gasteiger partial charge in [-0.1, -0.05) is 24.3 Å². The van der Waals surface area contributed by atoms with Crippen LogP contribution >= 0.6 is 0 Å². The van der Waals surface area contributed by atoms with Crippen molar-refractivity contribution in [3.05, 3.63) is 65.5 Å². The number of sulfonamides is 1. The molecule has 164 valence electrons. The van der Waals surface area contributed by atoms with Gasteiger partial charge in [-0.05, 0) is 36.2 Å². The van der Waals surface area contributed by atoms with E-state index >= 15 is 0 Å². The predicted molar refractivity (Wildman–Crippen MR) is 115 cm³/mol. The van der Waals surface area contributed by atoms with Gasteiger partial charge in [-0.25, -0.2) is 27.5 Å². The molecular weight excluding hydrogens is 423 g/mol. The average molecular weight is 447 g/mol. The summed E-state index contributed by atoms with van der Waals surface area (Å²) in [6, 6.07) is 11.3. The van der Waals surface area contributed by atoms with Crippen molar-refractivity contribution < 1.29 is 22.3 Å². The molecule has 8 nitrogen and oxygen atoms in total. The fraction of sp³-hybridized carbons (Fsp3) is 0.286. The lowest BCUT2D eigenvalue weighted by molar-refractivity contribution is -0.120. The van der Waals surface area contributed by atoms with Crippen LogP contribution in [0.15, 0.2) is 63.4 Å². The van der Waals surface area contributed by atoms with Gasteiger partial charge in [-0.15, -0.1) is 0 Å². The zero-order valence-corrected chi connectivity index (χ0v) is 17.7. The molecule has 0 saturated heterocycles. The average Bonchev–Trinajstić information content (AvgIpc) is 3.26. The van der Waals surface area contributed by atoms with Gasteiger partial charge in [0.1, 0.15) is 5.82 Å². The SMILES string of the molecule is COCCCNS(=O)(=O)c1cccc(CNC(=O)C2C=NC(c3cccc(F)c3)=N2)c1. The third kappa shape index (κ3) is 6.27. The molecule has 0 saturated carbocycles. The lowest BCUT2D eigenvalue weighted by Crippen LogP contribution is -2.33. The largest absolute Gasteiger partial charge is 0.385 e. The summed E-state index contributed by atoms with van der Waals surface area (Å²) in [7, 11) is -2.10. The third-order valence-electron chi connectivity index (χ3n) is 4.44. The van der Waals surface area contributed by atoms with Gasteiger partial charge >= 0.3 is 0 Å². The zero-order chi connectivity index (χ0) is 22.3. The van der Waals surface area contributed by atoms with Crippen molar-refractivity contribution in [3.8, 4) is 0 Å². The fourth-order valence-corrected chi connectivity index (χ4v) is 4.01. The Hall–Kier alpha value is -2.95.